The van der Waals surface area contributed by atoms with Crippen LogP contribution in [0.2, 0.25) is 10.0 Å². The number of aromatic amines is 1. The average Bonchev–Trinajstić information content (AvgIpc) is 2.85. The standard InChI is InChI=1S/C17H13Cl2N3O/c1-10-14-7-6-13(19)8-15(14)21-16(10)17(23)22-20-9-11-2-4-12(18)5-3-11/h2-9,21H,1H3,(H,22,23)/b20-9-. The summed E-state index contributed by atoms with van der Waals surface area (Å²) in [6.07, 6.45) is 1.56. The van der Waals surface area contributed by atoms with Crippen LogP contribution in [0.1, 0.15) is 21.6 Å². The van der Waals surface area contributed by atoms with Crippen LogP contribution in [0, 0.1) is 6.92 Å². The number of rotatable bonds is 3. The number of halogens is 2. The summed E-state index contributed by atoms with van der Waals surface area (Å²) in [4.78, 5) is 15.3. The zero-order valence-electron chi connectivity index (χ0n) is 12.2. The molecule has 0 aliphatic rings. The molecule has 1 heterocycles. The first-order chi connectivity index (χ1) is 11.0. The van der Waals surface area contributed by atoms with E-state index in [-0.39, 0.29) is 5.91 Å². The monoisotopic (exact) mass is 345 g/mol. The van der Waals surface area contributed by atoms with E-state index in [4.69, 9.17) is 23.2 Å². The predicted molar refractivity (Wildman–Crippen MR) is 94.6 cm³/mol. The van der Waals surface area contributed by atoms with Gasteiger partial charge in [-0.3, -0.25) is 4.79 Å². The molecular formula is C17H13Cl2N3O. The van der Waals surface area contributed by atoms with Gasteiger partial charge in [-0.2, -0.15) is 5.10 Å². The van der Waals surface area contributed by atoms with E-state index in [1.807, 2.05) is 25.1 Å². The minimum absolute atomic E-state index is 0.306. The lowest BCUT2D eigenvalue weighted by atomic mass is 10.1. The Labute approximate surface area is 143 Å². The Morgan fingerprint density at radius 1 is 1.13 bits per heavy atom. The topological polar surface area (TPSA) is 57.2 Å². The minimum atomic E-state index is -0.306. The molecule has 0 atom stereocenters. The van der Waals surface area contributed by atoms with Gasteiger partial charge in [-0.15, -0.1) is 0 Å². The van der Waals surface area contributed by atoms with E-state index in [1.165, 1.54) is 0 Å². The number of fused-ring (bicyclic) bond motifs is 1. The number of nitrogens with one attached hydrogen (secondary N) is 2. The van der Waals surface area contributed by atoms with Gasteiger partial charge in [0, 0.05) is 20.9 Å². The van der Waals surface area contributed by atoms with Crippen LogP contribution in [0.3, 0.4) is 0 Å². The van der Waals surface area contributed by atoms with Crippen LogP contribution in [-0.2, 0) is 0 Å². The van der Waals surface area contributed by atoms with Crippen molar-refractivity contribution in [1.82, 2.24) is 10.4 Å². The zero-order valence-corrected chi connectivity index (χ0v) is 13.7. The molecule has 116 valence electrons. The van der Waals surface area contributed by atoms with E-state index in [9.17, 15) is 4.79 Å². The van der Waals surface area contributed by atoms with Gasteiger partial charge in [-0.1, -0.05) is 41.4 Å². The molecule has 0 unspecified atom stereocenters. The highest BCUT2D eigenvalue weighted by molar-refractivity contribution is 6.31. The molecule has 0 saturated heterocycles. The summed E-state index contributed by atoms with van der Waals surface area (Å²) in [6.45, 7) is 1.88. The van der Waals surface area contributed by atoms with E-state index < -0.39 is 0 Å². The number of carbonyl (C=O) groups is 1. The molecule has 1 amide bonds. The number of aryl methyl sites for hydroxylation is 1. The highest BCUT2D eigenvalue weighted by Gasteiger charge is 2.14. The number of hydrogen-bond donors (Lipinski definition) is 2. The molecule has 23 heavy (non-hydrogen) atoms. The zero-order chi connectivity index (χ0) is 16.4. The van der Waals surface area contributed by atoms with Gasteiger partial charge in [-0.25, -0.2) is 5.43 Å². The molecule has 0 saturated carbocycles. The van der Waals surface area contributed by atoms with E-state index in [1.54, 1.807) is 30.5 Å². The van der Waals surface area contributed by atoms with Crippen molar-refractivity contribution in [2.75, 3.05) is 0 Å². The third kappa shape index (κ3) is 3.38. The predicted octanol–water partition coefficient (Wildman–Crippen LogP) is 4.55. The van der Waals surface area contributed by atoms with Crippen molar-refractivity contribution in [2.45, 2.75) is 6.92 Å². The third-order valence-corrected chi connectivity index (χ3v) is 3.98. The van der Waals surface area contributed by atoms with Crippen molar-refractivity contribution in [3.8, 4) is 0 Å². The lowest BCUT2D eigenvalue weighted by Gasteiger charge is -1.99. The summed E-state index contributed by atoms with van der Waals surface area (Å²) in [6, 6.07) is 12.6. The quantitative estimate of drug-likeness (QED) is 0.531. The maximum absolute atomic E-state index is 12.3. The number of benzene rings is 2. The second-order valence-corrected chi connectivity index (χ2v) is 5.94. The lowest BCUT2D eigenvalue weighted by Crippen LogP contribution is -2.18. The number of carbonyl (C=O) groups excluding carboxylic acids is 1. The average molecular weight is 346 g/mol. The van der Waals surface area contributed by atoms with Crippen LogP contribution >= 0.6 is 23.2 Å². The highest BCUT2D eigenvalue weighted by Crippen LogP contribution is 2.24. The molecule has 2 N–H and O–H groups in total. The summed E-state index contributed by atoms with van der Waals surface area (Å²) in [7, 11) is 0. The van der Waals surface area contributed by atoms with Crippen LogP contribution in [-0.4, -0.2) is 17.1 Å². The van der Waals surface area contributed by atoms with Crippen LogP contribution in [0.5, 0.6) is 0 Å². The van der Waals surface area contributed by atoms with E-state index in [2.05, 4.69) is 15.5 Å². The Balaban J connectivity index is 1.78. The number of nitrogens with zero attached hydrogens (tertiary/aromatic N) is 1. The maximum Gasteiger partial charge on any atom is 0.288 e. The fraction of sp³-hybridized carbons (Fsp3) is 0.0588. The largest absolute Gasteiger partial charge is 0.350 e. The summed E-state index contributed by atoms with van der Waals surface area (Å²) in [5.41, 5.74) is 5.50. The molecule has 0 aliphatic carbocycles. The normalized spacial score (nSPS) is 11.3. The molecule has 3 aromatic rings. The molecule has 2 aromatic carbocycles. The molecule has 0 bridgehead atoms. The Hall–Kier alpha value is -2.30. The lowest BCUT2D eigenvalue weighted by molar-refractivity contribution is 0.0950. The number of hydrazone groups is 1. The van der Waals surface area contributed by atoms with Crippen molar-refractivity contribution in [1.29, 1.82) is 0 Å². The highest BCUT2D eigenvalue weighted by atomic mass is 35.5. The van der Waals surface area contributed by atoms with Crippen molar-refractivity contribution in [3.05, 3.63) is 69.3 Å². The number of hydrogen-bond acceptors (Lipinski definition) is 2. The van der Waals surface area contributed by atoms with E-state index >= 15 is 0 Å². The first-order valence-corrected chi connectivity index (χ1v) is 7.67. The third-order valence-electron chi connectivity index (χ3n) is 3.50. The molecule has 0 radical (unpaired) electrons. The van der Waals surface area contributed by atoms with Crippen molar-refractivity contribution in [3.63, 3.8) is 0 Å². The second-order valence-electron chi connectivity index (χ2n) is 5.07. The Morgan fingerprint density at radius 3 is 2.57 bits per heavy atom. The fourth-order valence-corrected chi connectivity index (χ4v) is 2.61. The van der Waals surface area contributed by atoms with Crippen molar-refractivity contribution in [2.24, 2.45) is 5.10 Å². The van der Waals surface area contributed by atoms with E-state index in [0.29, 0.717) is 15.7 Å². The van der Waals surface area contributed by atoms with Crippen LogP contribution in [0.25, 0.3) is 10.9 Å². The van der Waals surface area contributed by atoms with Crippen LogP contribution in [0.4, 0.5) is 0 Å². The van der Waals surface area contributed by atoms with Gasteiger partial charge < -0.3 is 4.98 Å². The molecule has 6 heteroatoms. The van der Waals surface area contributed by atoms with Crippen LogP contribution in [0.15, 0.2) is 47.6 Å². The first-order valence-electron chi connectivity index (χ1n) is 6.91. The van der Waals surface area contributed by atoms with Crippen LogP contribution < -0.4 is 5.43 Å². The smallest absolute Gasteiger partial charge is 0.288 e. The van der Waals surface area contributed by atoms with Gasteiger partial charge in [0.05, 0.1) is 6.21 Å². The van der Waals surface area contributed by atoms with Gasteiger partial charge in [-0.05, 0) is 42.3 Å². The molecule has 0 fully saturated rings. The molecule has 0 spiro atoms. The van der Waals surface area contributed by atoms with Gasteiger partial charge >= 0.3 is 0 Å². The van der Waals surface area contributed by atoms with Gasteiger partial charge in [0.2, 0.25) is 0 Å². The number of amides is 1. The van der Waals surface area contributed by atoms with Gasteiger partial charge in [0.25, 0.3) is 5.91 Å². The summed E-state index contributed by atoms with van der Waals surface area (Å²) in [5, 5.41) is 6.19. The molecule has 1 aromatic heterocycles. The first kappa shape index (κ1) is 15.6. The number of aromatic nitrogens is 1. The molecule has 0 aliphatic heterocycles. The van der Waals surface area contributed by atoms with Gasteiger partial charge in [0.15, 0.2) is 0 Å². The van der Waals surface area contributed by atoms with E-state index in [0.717, 1.165) is 22.0 Å². The second kappa shape index (κ2) is 6.44. The summed E-state index contributed by atoms with van der Waals surface area (Å²) >= 11 is 11.8. The maximum atomic E-state index is 12.3. The fourth-order valence-electron chi connectivity index (χ4n) is 2.31. The Morgan fingerprint density at radius 2 is 1.83 bits per heavy atom. The Bertz CT molecular complexity index is 898. The molecular weight excluding hydrogens is 333 g/mol. The molecule has 3 rings (SSSR count). The van der Waals surface area contributed by atoms with Gasteiger partial charge in [0.1, 0.15) is 5.69 Å². The number of H-pyrrole nitrogens is 1. The van der Waals surface area contributed by atoms with Crippen molar-refractivity contribution < 1.29 is 4.79 Å². The van der Waals surface area contributed by atoms with Crippen molar-refractivity contribution >= 4 is 46.2 Å². The minimum Gasteiger partial charge on any atom is -0.350 e. The Kier molecular flexibility index (Phi) is 4.37. The molecule has 4 nitrogen and oxygen atoms in total. The SMILES string of the molecule is Cc1c(C(=O)N/N=C\c2ccc(Cl)cc2)[nH]c2cc(Cl)ccc12. The summed E-state index contributed by atoms with van der Waals surface area (Å²) < 4.78 is 0. The summed E-state index contributed by atoms with van der Waals surface area (Å²) in [5.74, 6) is -0.306.